The van der Waals surface area contributed by atoms with Crippen LogP contribution in [0.1, 0.15) is 13.8 Å². The molecule has 0 heterocycles. The van der Waals surface area contributed by atoms with Gasteiger partial charge in [0.1, 0.15) is 5.78 Å². The van der Waals surface area contributed by atoms with E-state index in [1.807, 2.05) is 0 Å². The van der Waals surface area contributed by atoms with E-state index in [9.17, 15) is 4.79 Å². The van der Waals surface area contributed by atoms with Gasteiger partial charge >= 0.3 is 28.8 Å². The molecule has 0 radical (unpaired) electrons. The minimum atomic E-state index is -0.750. The molecule has 0 saturated heterocycles. The van der Waals surface area contributed by atoms with Crippen molar-refractivity contribution in [2.24, 2.45) is 0 Å². The topological polar surface area (TPSA) is 34.1 Å². The van der Waals surface area contributed by atoms with Crippen LogP contribution >= 0.6 is 34.8 Å². The molecular weight excluding hydrogens is 387 g/mol. The SMILES string of the molecule is CC(C)=O.ClC(Cl)Cl.[O]=[Hg]. The normalized spacial score (nSPS) is 6.80. The first-order chi connectivity index (χ1) is 4.46. The third-order valence-corrected chi connectivity index (χ3v) is 0. The maximum atomic E-state index is 9.44. The zero-order valence-electron chi connectivity index (χ0n) is 5.73. The summed E-state index contributed by atoms with van der Waals surface area (Å²) in [4.78, 5) is 9.44. The number of Topliss-reactive ketones (excluding diaryl/α,β-unsaturated/α-hetero) is 1. The van der Waals surface area contributed by atoms with E-state index < -0.39 is 4.30 Å². The van der Waals surface area contributed by atoms with E-state index in [2.05, 4.69) is 0 Å². The molecule has 6 heteroatoms. The van der Waals surface area contributed by atoms with Crippen LogP contribution in [0.25, 0.3) is 0 Å². The Morgan fingerprint density at radius 2 is 1.20 bits per heavy atom. The minimum absolute atomic E-state index is 0.167. The van der Waals surface area contributed by atoms with Crippen LogP contribution in [0.5, 0.6) is 0 Å². The van der Waals surface area contributed by atoms with Crippen molar-refractivity contribution in [1.82, 2.24) is 0 Å². The fourth-order valence-electron chi connectivity index (χ4n) is 0. The number of hydrogen-bond donors (Lipinski definition) is 0. The Kier molecular flexibility index (Phi) is 29.0. The first-order valence-corrected chi connectivity index (χ1v) is 5.70. The molecule has 58 valence electrons. The summed E-state index contributed by atoms with van der Waals surface area (Å²) in [6, 6.07) is 0. The first-order valence-electron chi connectivity index (χ1n) is 2.15. The third kappa shape index (κ3) is 391. The maximum absolute atomic E-state index is 9.44. The first kappa shape index (κ1) is 17.4. The average molecular weight is 394 g/mol. The molecule has 0 aromatic heterocycles. The van der Waals surface area contributed by atoms with Gasteiger partial charge in [-0.2, -0.15) is 0 Å². The number of ketones is 1. The van der Waals surface area contributed by atoms with E-state index in [0.717, 1.165) is 0 Å². The van der Waals surface area contributed by atoms with Gasteiger partial charge in [-0.1, -0.05) is 34.8 Å². The summed E-state index contributed by atoms with van der Waals surface area (Å²) >= 11 is 14.2. The van der Waals surface area contributed by atoms with Crippen molar-refractivity contribution >= 4 is 40.6 Å². The fraction of sp³-hybridized carbons (Fsp3) is 0.750. The second kappa shape index (κ2) is 16.7. The number of carbonyl (C=O) groups excluding carboxylic acids is 1. The molecule has 0 spiro atoms. The van der Waals surface area contributed by atoms with Gasteiger partial charge in [0.2, 0.25) is 0 Å². The molecule has 0 unspecified atom stereocenters. The van der Waals surface area contributed by atoms with Gasteiger partial charge in [0.05, 0.1) is 0 Å². The summed E-state index contributed by atoms with van der Waals surface area (Å²) < 4.78 is 7.69. The summed E-state index contributed by atoms with van der Waals surface area (Å²) in [6.07, 6.45) is 0. The van der Waals surface area contributed by atoms with Crippen LogP contribution in [0.15, 0.2) is 0 Å². The van der Waals surface area contributed by atoms with Crippen molar-refractivity contribution in [2.75, 3.05) is 0 Å². The van der Waals surface area contributed by atoms with Crippen LogP contribution in [0.4, 0.5) is 0 Å². The number of carbonyl (C=O) groups is 1. The van der Waals surface area contributed by atoms with Gasteiger partial charge in [-0.15, -0.1) is 0 Å². The van der Waals surface area contributed by atoms with Gasteiger partial charge in [-0.05, 0) is 13.8 Å². The number of alkyl halides is 3. The number of halogens is 3. The van der Waals surface area contributed by atoms with Gasteiger partial charge in [-0.25, -0.2) is 0 Å². The van der Waals surface area contributed by atoms with Crippen LogP contribution in [0.2, 0.25) is 0 Å². The molecule has 0 saturated carbocycles. The van der Waals surface area contributed by atoms with Gasteiger partial charge < -0.3 is 4.79 Å². The van der Waals surface area contributed by atoms with Crippen molar-refractivity contribution in [3.05, 3.63) is 0 Å². The Morgan fingerprint density at radius 1 is 1.20 bits per heavy atom. The quantitative estimate of drug-likeness (QED) is 0.468. The molecule has 2 nitrogen and oxygen atoms in total. The van der Waals surface area contributed by atoms with Crippen molar-refractivity contribution < 1.29 is 33.6 Å². The predicted molar refractivity (Wildman–Crippen MR) is 38.4 cm³/mol. The Morgan fingerprint density at radius 3 is 1.20 bits per heavy atom. The van der Waals surface area contributed by atoms with Crippen molar-refractivity contribution in [1.29, 1.82) is 0 Å². The molecule has 0 rings (SSSR count). The summed E-state index contributed by atoms with van der Waals surface area (Å²) in [5.74, 6) is 0.167. The summed E-state index contributed by atoms with van der Waals surface area (Å²) in [5, 5.41) is 0. The third-order valence-electron chi connectivity index (χ3n) is 0. The molecule has 0 fully saturated rings. The summed E-state index contributed by atoms with van der Waals surface area (Å²) in [7, 11) is 0. The number of rotatable bonds is 0. The summed E-state index contributed by atoms with van der Waals surface area (Å²) in [6.45, 7) is 3.06. The van der Waals surface area contributed by atoms with E-state index in [1.54, 1.807) is 0 Å². The fourth-order valence-corrected chi connectivity index (χ4v) is 0. The van der Waals surface area contributed by atoms with Crippen LogP contribution in [0, 0.1) is 0 Å². The molecule has 0 bridgehead atoms. The molecule has 0 aliphatic rings. The Hall–Kier alpha value is 1.28. The number of hydrogen-bond acceptors (Lipinski definition) is 2. The Labute approximate surface area is 91.7 Å². The van der Waals surface area contributed by atoms with Gasteiger partial charge in [0, 0.05) is 0 Å². The molecule has 0 aromatic carbocycles. The Balaban J connectivity index is -0.0000000787. The molecule has 0 aliphatic carbocycles. The zero-order valence-corrected chi connectivity index (χ0v) is 13.5. The molecule has 0 N–H and O–H groups in total. The van der Waals surface area contributed by atoms with Crippen LogP contribution in [-0.2, 0) is 33.6 Å². The van der Waals surface area contributed by atoms with E-state index in [-0.39, 0.29) is 31.9 Å². The zero-order chi connectivity index (χ0) is 9.15. The summed E-state index contributed by atoms with van der Waals surface area (Å²) in [5.41, 5.74) is 0. The van der Waals surface area contributed by atoms with Crippen LogP contribution in [-0.4, -0.2) is 10.1 Å². The van der Waals surface area contributed by atoms with Gasteiger partial charge in [-0.3, -0.25) is 0 Å². The van der Waals surface area contributed by atoms with E-state index in [4.69, 9.17) is 37.4 Å². The van der Waals surface area contributed by atoms with Crippen LogP contribution < -0.4 is 0 Å². The second-order valence-corrected chi connectivity index (χ2v) is 3.14. The second-order valence-electron chi connectivity index (χ2n) is 1.16. The molecular formula is C4H7Cl3HgO2. The molecule has 0 amide bonds. The molecule has 0 atom stereocenters. The van der Waals surface area contributed by atoms with E-state index in [0.29, 0.717) is 0 Å². The van der Waals surface area contributed by atoms with E-state index in [1.165, 1.54) is 13.8 Å². The van der Waals surface area contributed by atoms with Crippen LogP contribution in [0.3, 0.4) is 0 Å². The van der Waals surface area contributed by atoms with Gasteiger partial charge in [0.25, 0.3) is 0 Å². The molecule has 10 heavy (non-hydrogen) atoms. The predicted octanol–water partition coefficient (Wildman–Crippen LogP) is 2.46. The average Bonchev–Trinajstić information content (AvgIpc) is 1.66. The molecule has 0 aliphatic heterocycles. The van der Waals surface area contributed by atoms with Gasteiger partial charge in [0.15, 0.2) is 4.30 Å². The Bertz CT molecular complexity index is 72.1. The standard InChI is InChI=1S/C3H6O.CHCl3.Hg.O/c1-3(2)4;2-1(3)4;;/h1-2H3;1H;;. The van der Waals surface area contributed by atoms with Crippen molar-refractivity contribution in [3.63, 3.8) is 0 Å². The van der Waals surface area contributed by atoms with Crippen molar-refractivity contribution in [2.45, 2.75) is 18.1 Å². The molecule has 0 aromatic rings. The van der Waals surface area contributed by atoms with Crippen molar-refractivity contribution in [3.8, 4) is 0 Å². The monoisotopic (exact) mass is 394 g/mol. The van der Waals surface area contributed by atoms with E-state index >= 15 is 0 Å².